The highest BCUT2D eigenvalue weighted by Gasteiger charge is 2.19. The van der Waals surface area contributed by atoms with Gasteiger partial charge in [0.25, 0.3) is 5.56 Å². The summed E-state index contributed by atoms with van der Waals surface area (Å²) in [7, 11) is 4.52. The second kappa shape index (κ2) is 6.49. The van der Waals surface area contributed by atoms with Crippen LogP contribution >= 0.6 is 23.2 Å². The minimum Gasteiger partial charge on any atom is -0.355 e. The Balaban J connectivity index is 2.59. The number of hydrogen-bond donors (Lipinski definition) is 0. The molecule has 6 nitrogen and oxygen atoms in total. The molecule has 0 fully saturated rings. The van der Waals surface area contributed by atoms with Crippen molar-refractivity contribution in [1.82, 2.24) is 9.13 Å². The van der Waals surface area contributed by atoms with Gasteiger partial charge in [-0.1, -0.05) is 35.3 Å². The summed E-state index contributed by atoms with van der Waals surface area (Å²) in [5, 5.41) is 10.1. The van der Waals surface area contributed by atoms with Crippen molar-refractivity contribution >= 4 is 29.0 Å². The van der Waals surface area contributed by atoms with E-state index in [9.17, 15) is 14.9 Å². The molecule has 0 bridgehead atoms. The molecule has 2 rings (SSSR count). The number of nitriles is 1. The predicted octanol–water partition coefficient (Wildman–Crippen LogP) is 1.90. The Kier molecular flexibility index (Phi) is 4.83. The lowest BCUT2D eigenvalue weighted by atomic mass is 10.2. The van der Waals surface area contributed by atoms with Crippen LogP contribution < -0.4 is 16.1 Å². The van der Waals surface area contributed by atoms with Gasteiger partial charge in [0.2, 0.25) is 0 Å². The highest BCUT2D eigenvalue weighted by Crippen LogP contribution is 2.27. The zero-order valence-corrected chi connectivity index (χ0v) is 14.3. The summed E-state index contributed by atoms with van der Waals surface area (Å²) in [6.45, 7) is 0.286. The normalized spacial score (nSPS) is 10.4. The highest BCUT2D eigenvalue weighted by atomic mass is 35.5. The fraction of sp³-hybridized carbons (Fsp3) is 0.267. The third kappa shape index (κ3) is 2.98. The molecular formula is C15H14Cl2N4O2. The first-order valence-electron chi connectivity index (χ1n) is 6.63. The summed E-state index contributed by atoms with van der Waals surface area (Å²) >= 11 is 12.2. The lowest BCUT2D eigenvalue weighted by Crippen LogP contribution is -2.41. The first-order valence-corrected chi connectivity index (χ1v) is 7.39. The van der Waals surface area contributed by atoms with Crippen LogP contribution in [0.3, 0.4) is 0 Å². The number of benzene rings is 1. The third-order valence-electron chi connectivity index (χ3n) is 3.55. The zero-order valence-electron chi connectivity index (χ0n) is 12.8. The Morgan fingerprint density at radius 1 is 1.22 bits per heavy atom. The molecule has 0 radical (unpaired) electrons. The van der Waals surface area contributed by atoms with Gasteiger partial charge in [-0.3, -0.25) is 13.9 Å². The van der Waals surface area contributed by atoms with E-state index in [-0.39, 0.29) is 17.9 Å². The van der Waals surface area contributed by atoms with E-state index >= 15 is 0 Å². The van der Waals surface area contributed by atoms with Gasteiger partial charge in [-0.2, -0.15) is 5.26 Å². The number of rotatable bonds is 3. The fourth-order valence-electron chi connectivity index (χ4n) is 2.38. The van der Waals surface area contributed by atoms with Crippen LogP contribution in [-0.4, -0.2) is 16.2 Å². The Morgan fingerprint density at radius 2 is 1.87 bits per heavy atom. The number of hydrogen-bond acceptors (Lipinski definition) is 4. The van der Waals surface area contributed by atoms with Crippen LogP contribution in [0.5, 0.6) is 0 Å². The summed E-state index contributed by atoms with van der Waals surface area (Å²) in [6, 6.07) is 7.08. The quantitative estimate of drug-likeness (QED) is 0.845. The zero-order chi connectivity index (χ0) is 17.3. The second-order valence-corrected chi connectivity index (χ2v) is 5.87. The van der Waals surface area contributed by atoms with Crippen LogP contribution in [0.4, 0.5) is 5.82 Å². The molecule has 0 aliphatic heterocycles. The van der Waals surface area contributed by atoms with Crippen molar-refractivity contribution in [2.45, 2.75) is 6.54 Å². The van der Waals surface area contributed by atoms with Crippen LogP contribution in [-0.2, 0) is 20.6 Å². The van der Waals surface area contributed by atoms with E-state index in [1.54, 1.807) is 30.1 Å². The maximum Gasteiger partial charge on any atom is 0.332 e. The lowest BCUT2D eigenvalue weighted by Gasteiger charge is -2.23. The molecule has 0 unspecified atom stereocenters. The van der Waals surface area contributed by atoms with Gasteiger partial charge < -0.3 is 4.90 Å². The van der Waals surface area contributed by atoms with Gasteiger partial charge in [-0.05, 0) is 11.6 Å². The highest BCUT2D eigenvalue weighted by molar-refractivity contribution is 6.42. The van der Waals surface area contributed by atoms with Gasteiger partial charge in [-0.15, -0.1) is 0 Å². The van der Waals surface area contributed by atoms with E-state index in [0.29, 0.717) is 10.0 Å². The van der Waals surface area contributed by atoms with Crippen molar-refractivity contribution in [3.8, 4) is 6.07 Å². The van der Waals surface area contributed by atoms with Crippen molar-refractivity contribution in [3.63, 3.8) is 0 Å². The van der Waals surface area contributed by atoms with Crippen molar-refractivity contribution in [2.75, 3.05) is 11.9 Å². The Morgan fingerprint density at radius 3 is 2.48 bits per heavy atom. The average molecular weight is 353 g/mol. The van der Waals surface area contributed by atoms with Crippen LogP contribution in [0.25, 0.3) is 0 Å². The summed E-state index contributed by atoms with van der Waals surface area (Å²) in [5.41, 5.74) is -0.517. The molecule has 0 amide bonds. The molecule has 2 aromatic rings. The number of aromatic nitrogens is 2. The van der Waals surface area contributed by atoms with E-state index < -0.39 is 11.2 Å². The Labute approximate surface area is 142 Å². The van der Waals surface area contributed by atoms with E-state index in [2.05, 4.69) is 0 Å². The maximum absolute atomic E-state index is 12.1. The van der Waals surface area contributed by atoms with Crippen LogP contribution in [0.1, 0.15) is 11.1 Å². The SMILES string of the molecule is CN(Cc1cccc(Cl)c1Cl)c1c(C#N)c(=O)n(C)c(=O)n1C. The summed E-state index contributed by atoms with van der Waals surface area (Å²) in [4.78, 5) is 25.8. The largest absolute Gasteiger partial charge is 0.355 e. The number of anilines is 1. The third-order valence-corrected chi connectivity index (χ3v) is 4.40. The van der Waals surface area contributed by atoms with Gasteiger partial charge in [0.05, 0.1) is 10.0 Å². The lowest BCUT2D eigenvalue weighted by molar-refractivity contribution is 0.667. The Hall–Kier alpha value is -2.23. The molecule has 0 aliphatic rings. The van der Waals surface area contributed by atoms with Gasteiger partial charge in [-0.25, -0.2) is 4.79 Å². The number of nitrogens with zero attached hydrogens (tertiary/aromatic N) is 4. The predicted molar refractivity (Wildman–Crippen MR) is 90.2 cm³/mol. The van der Waals surface area contributed by atoms with Crippen LogP contribution in [0.2, 0.25) is 10.0 Å². The monoisotopic (exact) mass is 352 g/mol. The van der Waals surface area contributed by atoms with Crippen LogP contribution in [0, 0.1) is 11.3 Å². The average Bonchev–Trinajstić information content (AvgIpc) is 2.52. The molecule has 1 heterocycles. The molecule has 0 saturated carbocycles. The van der Waals surface area contributed by atoms with Gasteiger partial charge in [0.1, 0.15) is 11.9 Å². The maximum atomic E-state index is 12.1. The topological polar surface area (TPSA) is 71.0 Å². The van der Waals surface area contributed by atoms with E-state index in [0.717, 1.165) is 10.1 Å². The van der Waals surface area contributed by atoms with Crippen LogP contribution in [0.15, 0.2) is 27.8 Å². The molecule has 8 heteroatoms. The molecule has 1 aromatic carbocycles. The van der Waals surface area contributed by atoms with Gasteiger partial charge in [0.15, 0.2) is 5.56 Å². The van der Waals surface area contributed by atoms with Crippen molar-refractivity contribution < 1.29 is 0 Å². The minimum atomic E-state index is -0.630. The molecule has 23 heavy (non-hydrogen) atoms. The fourth-order valence-corrected chi connectivity index (χ4v) is 2.76. The Bertz CT molecular complexity index is 925. The summed E-state index contributed by atoms with van der Waals surface area (Å²) in [6.07, 6.45) is 0. The van der Waals surface area contributed by atoms with Crippen molar-refractivity contribution in [3.05, 3.63) is 60.2 Å². The molecular weight excluding hydrogens is 339 g/mol. The van der Waals surface area contributed by atoms with Crippen molar-refractivity contribution in [2.24, 2.45) is 14.1 Å². The smallest absolute Gasteiger partial charge is 0.332 e. The molecule has 0 atom stereocenters. The van der Waals surface area contributed by atoms with E-state index in [4.69, 9.17) is 23.2 Å². The first-order chi connectivity index (χ1) is 10.8. The van der Waals surface area contributed by atoms with E-state index in [1.807, 2.05) is 6.07 Å². The second-order valence-electron chi connectivity index (χ2n) is 5.09. The molecule has 1 aromatic heterocycles. The number of halogens is 2. The van der Waals surface area contributed by atoms with Gasteiger partial charge in [0, 0.05) is 27.7 Å². The molecule has 0 aliphatic carbocycles. The van der Waals surface area contributed by atoms with Gasteiger partial charge >= 0.3 is 5.69 Å². The summed E-state index contributed by atoms with van der Waals surface area (Å²) in [5.74, 6) is 0.233. The standard InChI is InChI=1S/C15H14Cl2N4O2/c1-19(8-9-5-4-6-11(16)12(9)17)13-10(7-18)14(22)21(3)15(23)20(13)2/h4-6H,8H2,1-3H3. The minimum absolute atomic E-state index is 0.102. The molecule has 0 spiro atoms. The molecule has 0 saturated heterocycles. The molecule has 0 N–H and O–H groups in total. The summed E-state index contributed by atoms with van der Waals surface area (Å²) < 4.78 is 2.17. The molecule has 120 valence electrons. The van der Waals surface area contributed by atoms with Crippen molar-refractivity contribution in [1.29, 1.82) is 5.26 Å². The first kappa shape index (κ1) is 17.1. The van der Waals surface area contributed by atoms with E-state index in [1.165, 1.54) is 18.7 Å².